The van der Waals surface area contributed by atoms with Gasteiger partial charge >= 0.3 is 0 Å². The van der Waals surface area contributed by atoms with Crippen LogP contribution in [-0.2, 0) is 17.8 Å². The number of rotatable bonds is 8. The maximum absolute atomic E-state index is 12.0. The van der Waals surface area contributed by atoms with Gasteiger partial charge in [0.15, 0.2) is 11.5 Å². The minimum Gasteiger partial charge on any atom is -0.508 e. The second kappa shape index (κ2) is 10.7. The molecule has 3 aromatic carbocycles. The first-order chi connectivity index (χ1) is 14.9. The van der Waals surface area contributed by atoms with Crippen molar-refractivity contribution >= 4 is 35.3 Å². The molecule has 0 unspecified atom stereocenters. The summed E-state index contributed by atoms with van der Waals surface area (Å²) in [6.45, 7) is 0.257. The first-order valence-electron chi connectivity index (χ1n) is 9.29. The van der Waals surface area contributed by atoms with Gasteiger partial charge in [0.1, 0.15) is 12.4 Å². The third-order valence-corrected chi connectivity index (χ3v) is 4.88. The summed E-state index contributed by atoms with van der Waals surface area (Å²) >= 11 is 12.1. The Kier molecular flexibility index (Phi) is 7.76. The Bertz CT molecular complexity index is 1090. The van der Waals surface area contributed by atoms with Crippen LogP contribution in [0.1, 0.15) is 16.7 Å². The van der Waals surface area contributed by atoms with E-state index in [1.807, 2.05) is 0 Å². The summed E-state index contributed by atoms with van der Waals surface area (Å²) in [7, 11) is 1.54. The normalized spacial score (nSPS) is 10.8. The topological polar surface area (TPSA) is 80.2 Å². The Labute approximate surface area is 190 Å². The molecule has 0 aliphatic carbocycles. The molecule has 0 fully saturated rings. The molecule has 3 rings (SSSR count). The molecule has 0 spiro atoms. The molecule has 6 nitrogen and oxygen atoms in total. The van der Waals surface area contributed by atoms with E-state index >= 15 is 0 Å². The van der Waals surface area contributed by atoms with Crippen molar-refractivity contribution < 1.29 is 19.4 Å². The van der Waals surface area contributed by atoms with Crippen molar-refractivity contribution in [2.45, 2.75) is 13.0 Å². The number of phenols is 1. The zero-order chi connectivity index (χ0) is 22.2. The van der Waals surface area contributed by atoms with E-state index in [-0.39, 0.29) is 24.7 Å². The third kappa shape index (κ3) is 6.64. The molecule has 0 saturated heterocycles. The van der Waals surface area contributed by atoms with Gasteiger partial charge in [0, 0.05) is 15.6 Å². The van der Waals surface area contributed by atoms with Crippen LogP contribution < -0.4 is 14.9 Å². The van der Waals surface area contributed by atoms with Crippen molar-refractivity contribution in [3.8, 4) is 17.2 Å². The van der Waals surface area contributed by atoms with Crippen LogP contribution in [-0.4, -0.2) is 24.3 Å². The Morgan fingerprint density at radius 2 is 1.84 bits per heavy atom. The smallest absolute Gasteiger partial charge is 0.244 e. The fourth-order valence-corrected chi connectivity index (χ4v) is 3.16. The van der Waals surface area contributed by atoms with E-state index < -0.39 is 0 Å². The largest absolute Gasteiger partial charge is 0.508 e. The third-order valence-electron chi connectivity index (χ3n) is 4.29. The molecule has 0 heterocycles. The highest BCUT2D eigenvalue weighted by atomic mass is 35.5. The number of phenolic OH excluding ortho intramolecular Hbond substituents is 1. The van der Waals surface area contributed by atoms with Crippen LogP contribution in [0.3, 0.4) is 0 Å². The van der Waals surface area contributed by atoms with Gasteiger partial charge in [-0.15, -0.1) is 0 Å². The maximum Gasteiger partial charge on any atom is 0.244 e. The molecule has 0 aliphatic rings. The average Bonchev–Trinajstić information content (AvgIpc) is 2.75. The van der Waals surface area contributed by atoms with Crippen molar-refractivity contribution in [2.24, 2.45) is 5.10 Å². The lowest BCUT2D eigenvalue weighted by Gasteiger charge is -2.12. The molecule has 160 valence electrons. The van der Waals surface area contributed by atoms with Crippen molar-refractivity contribution in [1.29, 1.82) is 0 Å². The van der Waals surface area contributed by atoms with Gasteiger partial charge in [0.05, 0.1) is 19.7 Å². The molecule has 0 aromatic heterocycles. The van der Waals surface area contributed by atoms with Gasteiger partial charge in [0.2, 0.25) is 5.91 Å². The first-order valence-corrected chi connectivity index (χ1v) is 10.0. The molecule has 3 aromatic rings. The number of methoxy groups -OCH3 is 1. The van der Waals surface area contributed by atoms with Crippen LogP contribution in [0.2, 0.25) is 10.0 Å². The van der Waals surface area contributed by atoms with Crippen molar-refractivity contribution in [3.63, 3.8) is 0 Å². The van der Waals surface area contributed by atoms with Gasteiger partial charge in [-0.05, 0) is 53.6 Å². The molecule has 0 bridgehead atoms. The van der Waals surface area contributed by atoms with E-state index in [2.05, 4.69) is 10.5 Å². The minimum absolute atomic E-state index is 0.153. The quantitative estimate of drug-likeness (QED) is 0.368. The highest BCUT2D eigenvalue weighted by Gasteiger charge is 2.08. The number of ether oxygens (including phenoxy) is 2. The van der Waals surface area contributed by atoms with Gasteiger partial charge in [-0.25, -0.2) is 5.43 Å². The second-order valence-electron chi connectivity index (χ2n) is 6.57. The summed E-state index contributed by atoms with van der Waals surface area (Å²) in [6, 6.07) is 16.9. The molecular weight excluding hydrogens is 439 g/mol. The number of hydrogen-bond acceptors (Lipinski definition) is 5. The number of carbonyl (C=O) groups excluding carboxylic acids is 1. The summed E-state index contributed by atoms with van der Waals surface area (Å²) in [5.74, 6) is 0.944. The van der Waals surface area contributed by atoms with E-state index in [0.717, 1.165) is 16.7 Å². The van der Waals surface area contributed by atoms with Crippen LogP contribution in [0.25, 0.3) is 0 Å². The number of carbonyl (C=O) groups is 1. The van der Waals surface area contributed by atoms with Crippen molar-refractivity contribution in [3.05, 3.63) is 87.4 Å². The number of hydrazone groups is 1. The molecule has 0 radical (unpaired) electrons. The van der Waals surface area contributed by atoms with Crippen molar-refractivity contribution in [2.75, 3.05) is 7.11 Å². The monoisotopic (exact) mass is 458 g/mol. The highest BCUT2D eigenvalue weighted by Crippen LogP contribution is 2.29. The number of hydrogen-bond donors (Lipinski definition) is 2. The molecule has 2 N–H and O–H groups in total. The fraction of sp³-hybridized carbons (Fsp3) is 0.130. The van der Waals surface area contributed by atoms with Crippen LogP contribution in [0.4, 0.5) is 0 Å². The zero-order valence-corrected chi connectivity index (χ0v) is 18.2. The number of nitrogens with zero attached hydrogens (tertiary/aromatic N) is 1. The predicted molar refractivity (Wildman–Crippen MR) is 121 cm³/mol. The Hall–Kier alpha value is -3.22. The predicted octanol–water partition coefficient (Wildman–Crippen LogP) is 4.98. The summed E-state index contributed by atoms with van der Waals surface area (Å²) in [4.78, 5) is 12.0. The summed E-state index contributed by atoms with van der Waals surface area (Å²) in [6.07, 6.45) is 1.66. The molecule has 31 heavy (non-hydrogen) atoms. The lowest BCUT2D eigenvalue weighted by Crippen LogP contribution is -2.19. The molecule has 1 amide bonds. The van der Waals surface area contributed by atoms with Gasteiger partial charge in [-0.3, -0.25) is 4.79 Å². The first kappa shape index (κ1) is 22.5. The van der Waals surface area contributed by atoms with E-state index in [0.29, 0.717) is 21.5 Å². The van der Waals surface area contributed by atoms with Crippen LogP contribution in [0, 0.1) is 0 Å². The van der Waals surface area contributed by atoms with E-state index in [1.165, 1.54) is 25.5 Å². The summed E-state index contributed by atoms with van der Waals surface area (Å²) < 4.78 is 11.2. The number of benzene rings is 3. The average molecular weight is 459 g/mol. The number of nitrogens with one attached hydrogen (secondary N) is 1. The standard InChI is InChI=1S/C23H20Cl2N2O4/c1-30-22-10-16(13-26-27-23(29)11-15-2-7-19(28)8-3-15)4-9-21(22)31-14-17-5-6-18(24)12-20(17)25/h2-10,12-13,28H,11,14H2,1H3,(H,27,29)/b26-13-. The van der Waals surface area contributed by atoms with Crippen LogP contribution in [0.15, 0.2) is 65.8 Å². The maximum atomic E-state index is 12.0. The Morgan fingerprint density at radius 1 is 1.06 bits per heavy atom. The van der Waals surface area contributed by atoms with Gasteiger partial charge in [-0.2, -0.15) is 5.10 Å². The number of halogens is 2. The fourth-order valence-electron chi connectivity index (χ4n) is 2.70. The molecule has 0 saturated carbocycles. The van der Waals surface area contributed by atoms with Gasteiger partial charge in [-0.1, -0.05) is 41.4 Å². The molecular formula is C23H20Cl2N2O4. The van der Waals surface area contributed by atoms with Crippen LogP contribution in [0.5, 0.6) is 17.2 Å². The van der Waals surface area contributed by atoms with E-state index in [4.69, 9.17) is 32.7 Å². The molecule has 8 heteroatoms. The molecule has 0 aliphatic heterocycles. The molecule has 0 atom stereocenters. The second-order valence-corrected chi connectivity index (χ2v) is 7.41. The number of amides is 1. The lowest BCUT2D eigenvalue weighted by molar-refractivity contribution is -0.120. The van der Waals surface area contributed by atoms with E-state index in [9.17, 15) is 9.90 Å². The summed E-state index contributed by atoms with van der Waals surface area (Å²) in [5, 5.41) is 14.3. The Balaban J connectivity index is 1.58. The van der Waals surface area contributed by atoms with Gasteiger partial charge < -0.3 is 14.6 Å². The van der Waals surface area contributed by atoms with Gasteiger partial charge in [0.25, 0.3) is 0 Å². The zero-order valence-electron chi connectivity index (χ0n) is 16.6. The lowest BCUT2D eigenvalue weighted by atomic mass is 10.1. The van der Waals surface area contributed by atoms with Crippen molar-refractivity contribution in [1.82, 2.24) is 5.43 Å². The Morgan fingerprint density at radius 3 is 2.55 bits per heavy atom. The minimum atomic E-state index is -0.270. The van der Waals surface area contributed by atoms with E-state index in [1.54, 1.807) is 48.5 Å². The highest BCUT2D eigenvalue weighted by molar-refractivity contribution is 6.35. The number of aromatic hydroxyl groups is 1. The van der Waals surface area contributed by atoms with Crippen LogP contribution >= 0.6 is 23.2 Å². The SMILES string of the molecule is COc1cc(/C=N\NC(=O)Cc2ccc(O)cc2)ccc1OCc1ccc(Cl)cc1Cl. The summed E-state index contributed by atoms with van der Waals surface area (Å²) in [5.41, 5.74) is 4.77.